The van der Waals surface area contributed by atoms with Crippen LogP contribution in [0.1, 0.15) is 65.2 Å². The van der Waals surface area contributed by atoms with Crippen LogP contribution in [-0.4, -0.2) is 60.0 Å². The van der Waals surface area contributed by atoms with Crippen molar-refractivity contribution in [1.82, 2.24) is 0 Å². The quantitative estimate of drug-likeness (QED) is 0.327. The fraction of sp³-hybridized carbons (Fsp3) is 0.633. The Bertz CT molecular complexity index is 938. The first-order chi connectivity index (χ1) is 17.7. The number of carbonyl (C=O) groups excluding carboxylic acids is 1. The molecule has 4 rings (SSSR count). The van der Waals surface area contributed by atoms with Gasteiger partial charge in [-0.05, 0) is 51.4 Å². The minimum atomic E-state index is -0.958. The van der Waals surface area contributed by atoms with Gasteiger partial charge in [-0.15, -0.1) is 0 Å². The second-order valence-electron chi connectivity index (χ2n) is 11.2. The van der Waals surface area contributed by atoms with E-state index in [1.807, 2.05) is 12.2 Å². The maximum atomic E-state index is 12.7. The van der Waals surface area contributed by atoms with E-state index >= 15 is 0 Å². The van der Waals surface area contributed by atoms with Gasteiger partial charge in [-0.1, -0.05) is 61.1 Å². The van der Waals surface area contributed by atoms with E-state index in [9.17, 15) is 9.90 Å². The summed E-state index contributed by atoms with van der Waals surface area (Å²) >= 11 is 0. The van der Waals surface area contributed by atoms with Gasteiger partial charge in [-0.3, -0.25) is 0 Å². The molecule has 8 atom stereocenters. The Kier molecular flexibility index (Phi) is 9.59. The van der Waals surface area contributed by atoms with Gasteiger partial charge in [-0.25, -0.2) is 4.79 Å². The molecule has 204 valence electrons. The molecule has 1 fully saturated rings. The second-order valence-corrected chi connectivity index (χ2v) is 11.2. The third kappa shape index (κ3) is 8.76. The van der Waals surface area contributed by atoms with Crippen LogP contribution < -0.4 is 5.73 Å². The standard InChI is InChI=1S/C30H43NO6/c1-20-9-12-26-28(35-26)18-27(25(32)11-10-24-17-21(2)13-15-34-24)36-29(33)8-4-6-23-7-5-14-30(31,37-23)19-22(3)16-20/h4-5,7-8,10-11,13,22-28,32H,1,6,9,12,14-19,31H2,2-3H3/b8-4+,11-10+/t22-,23+,24+,25-,26?,27?,28?,30?/m0/s1. The van der Waals surface area contributed by atoms with E-state index in [0.717, 1.165) is 32.1 Å². The number of hydrogen-bond donors (Lipinski definition) is 2. The molecule has 0 aromatic carbocycles. The maximum absolute atomic E-state index is 12.7. The lowest BCUT2D eigenvalue weighted by atomic mass is 9.88. The highest BCUT2D eigenvalue weighted by Crippen LogP contribution is 2.35. The topological polar surface area (TPSA) is 104 Å². The Morgan fingerprint density at radius 1 is 1.27 bits per heavy atom. The second kappa shape index (κ2) is 12.7. The summed E-state index contributed by atoms with van der Waals surface area (Å²) in [6.07, 6.45) is 16.7. The summed E-state index contributed by atoms with van der Waals surface area (Å²) < 4.78 is 23.5. The summed E-state index contributed by atoms with van der Waals surface area (Å²) in [5, 5.41) is 10.9. The van der Waals surface area contributed by atoms with Crippen molar-refractivity contribution in [2.75, 3.05) is 6.61 Å². The number of cyclic esters (lactones) is 1. The van der Waals surface area contributed by atoms with E-state index < -0.39 is 23.9 Å². The summed E-state index contributed by atoms with van der Waals surface area (Å²) in [4.78, 5) is 12.7. The van der Waals surface area contributed by atoms with Gasteiger partial charge in [0, 0.05) is 18.9 Å². The molecule has 1 saturated heterocycles. The zero-order valence-corrected chi connectivity index (χ0v) is 22.2. The lowest BCUT2D eigenvalue weighted by Crippen LogP contribution is -2.48. The number of aliphatic hydroxyl groups excluding tert-OH is 1. The SMILES string of the molecule is C=C1CCC2OC2CC([C@@H](O)/C=C/[C@@H]2CC(C)=CCO2)OC(=O)/C=C/C[C@@H]2C=CCC(N)(C[C@@H](C)C1)O2. The molecule has 7 nitrogen and oxygen atoms in total. The lowest BCUT2D eigenvalue weighted by molar-refractivity contribution is -0.148. The Morgan fingerprint density at radius 2 is 2.11 bits per heavy atom. The number of allylic oxidation sites excluding steroid dienone is 1. The van der Waals surface area contributed by atoms with E-state index in [2.05, 4.69) is 32.6 Å². The van der Waals surface area contributed by atoms with Gasteiger partial charge in [-0.2, -0.15) is 0 Å². The van der Waals surface area contributed by atoms with Crippen LogP contribution in [0.3, 0.4) is 0 Å². The summed E-state index contributed by atoms with van der Waals surface area (Å²) in [7, 11) is 0. The zero-order valence-electron chi connectivity index (χ0n) is 22.2. The van der Waals surface area contributed by atoms with Gasteiger partial charge < -0.3 is 29.8 Å². The Labute approximate surface area is 221 Å². The molecule has 37 heavy (non-hydrogen) atoms. The molecular weight excluding hydrogens is 470 g/mol. The highest BCUT2D eigenvalue weighted by Gasteiger charge is 2.42. The Morgan fingerprint density at radius 3 is 2.92 bits per heavy atom. The molecule has 2 bridgehead atoms. The molecule has 4 heterocycles. The zero-order chi connectivity index (χ0) is 26.4. The van der Waals surface area contributed by atoms with Gasteiger partial charge >= 0.3 is 5.97 Å². The number of esters is 1. The summed E-state index contributed by atoms with van der Waals surface area (Å²) in [5.74, 6) is -0.145. The van der Waals surface area contributed by atoms with E-state index in [1.54, 1.807) is 12.2 Å². The summed E-state index contributed by atoms with van der Waals surface area (Å²) in [5.41, 5.74) is 8.32. The van der Waals surface area contributed by atoms with E-state index in [-0.39, 0.29) is 24.4 Å². The van der Waals surface area contributed by atoms with Crippen molar-refractivity contribution in [3.05, 3.63) is 60.3 Å². The molecular formula is C30H43NO6. The fourth-order valence-corrected chi connectivity index (χ4v) is 5.54. The number of aliphatic hydroxyl groups is 1. The molecule has 4 aliphatic heterocycles. The van der Waals surface area contributed by atoms with Gasteiger partial charge in [0.25, 0.3) is 0 Å². The number of fused-ring (bicyclic) bond motifs is 3. The van der Waals surface area contributed by atoms with Crippen LogP contribution in [0, 0.1) is 5.92 Å². The van der Waals surface area contributed by atoms with Crippen molar-refractivity contribution in [3.8, 4) is 0 Å². The minimum Gasteiger partial charge on any atom is -0.456 e. The molecule has 0 amide bonds. The first-order valence-electron chi connectivity index (χ1n) is 13.7. The lowest BCUT2D eigenvalue weighted by Gasteiger charge is -2.37. The predicted octanol–water partition coefficient (Wildman–Crippen LogP) is 4.42. The van der Waals surface area contributed by atoms with Crippen LogP contribution >= 0.6 is 0 Å². The van der Waals surface area contributed by atoms with Gasteiger partial charge in [0.1, 0.15) is 17.9 Å². The van der Waals surface area contributed by atoms with Crippen LogP contribution in [-0.2, 0) is 23.7 Å². The summed E-state index contributed by atoms with van der Waals surface area (Å²) in [6, 6.07) is 0. The number of ether oxygens (including phenoxy) is 4. The monoisotopic (exact) mass is 513 g/mol. The highest BCUT2D eigenvalue weighted by molar-refractivity contribution is 5.82. The number of nitrogens with two attached hydrogens (primary N) is 1. The van der Waals surface area contributed by atoms with Crippen molar-refractivity contribution in [2.45, 2.75) is 108 Å². The molecule has 7 heteroatoms. The molecule has 3 N–H and O–H groups in total. The van der Waals surface area contributed by atoms with Crippen LogP contribution in [0.4, 0.5) is 0 Å². The number of hydrogen-bond acceptors (Lipinski definition) is 7. The van der Waals surface area contributed by atoms with Crippen molar-refractivity contribution in [2.24, 2.45) is 11.7 Å². The highest BCUT2D eigenvalue weighted by atomic mass is 16.6. The Hall–Kier alpha value is -2.03. The van der Waals surface area contributed by atoms with Crippen molar-refractivity contribution in [1.29, 1.82) is 0 Å². The Balaban J connectivity index is 1.43. The van der Waals surface area contributed by atoms with Gasteiger partial charge in [0.2, 0.25) is 0 Å². The van der Waals surface area contributed by atoms with Crippen LogP contribution in [0.5, 0.6) is 0 Å². The maximum Gasteiger partial charge on any atom is 0.330 e. The average molecular weight is 514 g/mol. The molecule has 0 aromatic heterocycles. The van der Waals surface area contributed by atoms with E-state index in [4.69, 9.17) is 24.7 Å². The fourth-order valence-electron chi connectivity index (χ4n) is 5.54. The van der Waals surface area contributed by atoms with E-state index in [0.29, 0.717) is 31.8 Å². The molecule has 0 aliphatic carbocycles. The van der Waals surface area contributed by atoms with Gasteiger partial charge in [0.05, 0.1) is 31.0 Å². The largest absolute Gasteiger partial charge is 0.456 e. The summed E-state index contributed by atoms with van der Waals surface area (Å²) in [6.45, 7) is 9.11. The molecule has 0 radical (unpaired) electrons. The third-order valence-corrected chi connectivity index (χ3v) is 7.52. The number of epoxide rings is 1. The van der Waals surface area contributed by atoms with Crippen molar-refractivity contribution < 1.29 is 28.8 Å². The normalized spacial score (nSPS) is 39.6. The van der Waals surface area contributed by atoms with Gasteiger partial charge in [0.15, 0.2) is 0 Å². The van der Waals surface area contributed by atoms with E-state index in [1.165, 1.54) is 17.2 Å². The van der Waals surface area contributed by atoms with Crippen molar-refractivity contribution in [3.63, 3.8) is 0 Å². The average Bonchev–Trinajstić information content (AvgIpc) is 3.57. The van der Waals surface area contributed by atoms with Crippen LogP contribution in [0.15, 0.2) is 60.3 Å². The van der Waals surface area contributed by atoms with Crippen LogP contribution in [0.25, 0.3) is 0 Å². The minimum absolute atomic E-state index is 0.0461. The number of carbonyl (C=O) groups is 1. The molecule has 0 saturated carbocycles. The molecule has 0 aromatic rings. The number of rotatable bonds is 3. The molecule has 0 spiro atoms. The third-order valence-electron chi connectivity index (χ3n) is 7.52. The van der Waals surface area contributed by atoms with Crippen LogP contribution in [0.2, 0.25) is 0 Å². The predicted molar refractivity (Wildman–Crippen MR) is 142 cm³/mol. The molecule has 4 aliphatic rings. The first-order valence-corrected chi connectivity index (χ1v) is 13.7. The van der Waals surface area contributed by atoms with Crippen molar-refractivity contribution >= 4 is 5.97 Å². The molecule has 4 unspecified atom stereocenters. The smallest absolute Gasteiger partial charge is 0.330 e. The first kappa shape index (κ1) is 28.0.